The van der Waals surface area contributed by atoms with Gasteiger partial charge in [0.15, 0.2) is 0 Å². The van der Waals surface area contributed by atoms with Gasteiger partial charge in [-0.3, -0.25) is 0 Å². The predicted molar refractivity (Wildman–Crippen MR) is 92.1 cm³/mol. The molecule has 0 aliphatic heterocycles. The van der Waals surface area contributed by atoms with Crippen LogP contribution in [0.15, 0.2) is 54.6 Å². The predicted octanol–water partition coefficient (Wildman–Crippen LogP) is 5.21. The molecule has 0 heterocycles. The molecule has 0 amide bonds. The highest BCUT2D eigenvalue weighted by molar-refractivity contribution is 6.30. The van der Waals surface area contributed by atoms with E-state index in [1.165, 1.54) is 36.8 Å². The summed E-state index contributed by atoms with van der Waals surface area (Å²) in [7, 11) is 0. The first-order valence-electron chi connectivity index (χ1n) is 8.36. The molecule has 0 saturated heterocycles. The van der Waals surface area contributed by atoms with Crippen LogP contribution in [0.1, 0.15) is 42.9 Å². The summed E-state index contributed by atoms with van der Waals surface area (Å²) in [4.78, 5) is 0. The van der Waals surface area contributed by atoms with Crippen LogP contribution >= 0.6 is 11.6 Å². The van der Waals surface area contributed by atoms with Crippen molar-refractivity contribution in [2.45, 2.75) is 37.8 Å². The second-order valence-electron chi connectivity index (χ2n) is 6.84. The van der Waals surface area contributed by atoms with Crippen LogP contribution in [0.4, 0.5) is 0 Å². The highest BCUT2D eigenvalue weighted by Crippen LogP contribution is 2.45. The second-order valence-corrected chi connectivity index (χ2v) is 7.28. The first-order chi connectivity index (χ1) is 10.8. The lowest BCUT2D eigenvalue weighted by atomic mass is 9.92. The van der Waals surface area contributed by atoms with Gasteiger partial charge in [0.25, 0.3) is 0 Å². The standard InChI is InChI=1S/C20H22ClN/c21-18-10-8-16(9-11-18)20(15-4-2-1-3-5-15)22-19-13-14-6-7-17(19)12-14/h1-5,8-11,14,17,19-20,22H,6-7,12-13H2/t14-,17-,19+,20+/m1/s1. The molecule has 1 nitrogen and oxygen atoms in total. The largest absolute Gasteiger partial charge is 0.303 e. The van der Waals surface area contributed by atoms with Crippen molar-refractivity contribution in [2.75, 3.05) is 0 Å². The Morgan fingerprint density at radius 3 is 2.23 bits per heavy atom. The lowest BCUT2D eigenvalue weighted by molar-refractivity contribution is 0.334. The molecule has 1 N–H and O–H groups in total. The Labute approximate surface area is 137 Å². The molecule has 2 aliphatic rings. The van der Waals surface area contributed by atoms with Gasteiger partial charge in [0.2, 0.25) is 0 Å². The molecule has 2 heteroatoms. The molecule has 114 valence electrons. The topological polar surface area (TPSA) is 12.0 Å². The molecular weight excluding hydrogens is 290 g/mol. The molecule has 2 bridgehead atoms. The molecule has 22 heavy (non-hydrogen) atoms. The average Bonchev–Trinajstić information content (AvgIpc) is 3.17. The number of nitrogens with one attached hydrogen (secondary N) is 1. The van der Waals surface area contributed by atoms with Gasteiger partial charge >= 0.3 is 0 Å². The fraction of sp³-hybridized carbons (Fsp3) is 0.400. The number of hydrogen-bond donors (Lipinski definition) is 1. The van der Waals surface area contributed by atoms with E-state index in [-0.39, 0.29) is 6.04 Å². The maximum absolute atomic E-state index is 6.06. The molecule has 2 aromatic carbocycles. The van der Waals surface area contributed by atoms with Crippen LogP contribution in [0.2, 0.25) is 5.02 Å². The van der Waals surface area contributed by atoms with Crippen molar-refractivity contribution in [3.8, 4) is 0 Å². The van der Waals surface area contributed by atoms with Crippen molar-refractivity contribution in [1.29, 1.82) is 0 Å². The van der Waals surface area contributed by atoms with E-state index in [1.807, 2.05) is 12.1 Å². The van der Waals surface area contributed by atoms with Crippen molar-refractivity contribution in [1.82, 2.24) is 5.32 Å². The highest BCUT2D eigenvalue weighted by Gasteiger charge is 2.40. The van der Waals surface area contributed by atoms with Crippen molar-refractivity contribution < 1.29 is 0 Å². The third kappa shape index (κ3) is 2.80. The Morgan fingerprint density at radius 1 is 0.864 bits per heavy atom. The fourth-order valence-electron chi connectivity index (χ4n) is 4.35. The minimum absolute atomic E-state index is 0.266. The van der Waals surface area contributed by atoms with E-state index in [4.69, 9.17) is 11.6 Å². The average molecular weight is 312 g/mol. The Hall–Kier alpha value is -1.31. The van der Waals surface area contributed by atoms with E-state index in [1.54, 1.807) is 0 Å². The quantitative estimate of drug-likeness (QED) is 0.817. The van der Waals surface area contributed by atoms with Crippen molar-refractivity contribution in [3.05, 3.63) is 70.7 Å². The summed E-state index contributed by atoms with van der Waals surface area (Å²) in [6.07, 6.45) is 5.63. The molecule has 2 aliphatic carbocycles. The Bertz CT molecular complexity index is 622. The highest BCUT2D eigenvalue weighted by atomic mass is 35.5. The first kappa shape index (κ1) is 14.3. The van der Waals surface area contributed by atoms with Crippen molar-refractivity contribution >= 4 is 11.6 Å². The zero-order valence-corrected chi connectivity index (χ0v) is 13.5. The van der Waals surface area contributed by atoms with Crippen LogP contribution in [-0.4, -0.2) is 6.04 Å². The van der Waals surface area contributed by atoms with Gasteiger partial charge in [0, 0.05) is 11.1 Å². The van der Waals surface area contributed by atoms with E-state index in [0.717, 1.165) is 16.9 Å². The van der Waals surface area contributed by atoms with E-state index in [0.29, 0.717) is 6.04 Å². The van der Waals surface area contributed by atoms with E-state index >= 15 is 0 Å². The summed E-state index contributed by atoms with van der Waals surface area (Å²) in [5, 5.41) is 4.76. The smallest absolute Gasteiger partial charge is 0.0578 e. The number of hydrogen-bond acceptors (Lipinski definition) is 1. The molecular formula is C20H22ClN. The first-order valence-corrected chi connectivity index (χ1v) is 8.74. The number of benzene rings is 2. The minimum atomic E-state index is 0.266. The lowest BCUT2D eigenvalue weighted by Crippen LogP contribution is -2.37. The molecule has 0 aromatic heterocycles. The Balaban J connectivity index is 1.62. The summed E-state index contributed by atoms with van der Waals surface area (Å²) in [6, 6.07) is 20.0. The molecule has 4 atom stereocenters. The van der Waals surface area contributed by atoms with Crippen molar-refractivity contribution in [3.63, 3.8) is 0 Å². The molecule has 2 aromatic rings. The normalized spacial score (nSPS) is 28.0. The van der Waals surface area contributed by atoms with Gasteiger partial charge in [-0.15, -0.1) is 0 Å². The van der Waals surface area contributed by atoms with Crippen LogP contribution in [0.3, 0.4) is 0 Å². The zero-order valence-electron chi connectivity index (χ0n) is 12.7. The Kier molecular flexibility index (Phi) is 3.94. The zero-order chi connectivity index (χ0) is 14.9. The minimum Gasteiger partial charge on any atom is -0.303 e. The SMILES string of the molecule is Clc1ccc([C@@H](N[C@H]2C[C@@H]3CC[C@@H]2C3)c2ccccc2)cc1. The summed E-state index contributed by atoms with van der Waals surface area (Å²) >= 11 is 6.06. The van der Waals surface area contributed by atoms with Crippen LogP contribution in [0.5, 0.6) is 0 Å². The maximum atomic E-state index is 6.06. The molecule has 2 saturated carbocycles. The molecule has 0 unspecified atom stereocenters. The van der Waals surface area contributed by atoms with Crippen LogP contribution in [0, 0.1) is 11.8 Å². The monoisotopic (exact) mass is 311 g/mol. The van der Waals surface area contributed by atoms with Gasteiger partial charge in [0.05, 0.1) is 6.04 Å². The molecule has 2 fully saturated rings. The van der Waals surface area contributed by atoms with Gasteiger partial charge in [0.1, 0.15) is 0 Å². The number of halogens is 1. The van der Waals surface area contributed by atoms with Crippen molar-refractivity contribution in [2.24, 2.45) is 11.8 Å². The lowest BCUT2D eigenvalue weighted by Gasteiger charge is -2.29. The molecule has 4 rings (SSSR count). The number of rotatable bonds is 4. The van der Waals surface area contributed by atoms with E-state index in [2.05, 4.69) is 47.8 Å². The van der Waals surface area contributed by atoms with E-state index < -0.39 is 0 Å². The summed E-state index contributed by atoms with van der Waals surface area (Å²) in [5.74, 6) is 1.84. The summed E-state index contributed by atoms with van der Waals surface area (Å²) in [6.45, 7) is 0. The van der Waals surface area contributed by atoms with Crippen LogP contribution in [0.25, 0.3) is 0 Å². The van der Waals surface area contributed by atoms with Crippen LogP contribution < -0.4 is 5.32 Å². The third-order valence-corrected chi connectivity index (χ3v) is 5.71. The third-order valence-electron chi connectivity index (χ3n) is 5.46. The van der Waals surface area contributed by atoms with Gasteiger partial charge in [-0.05, 0) is 54.4 Å². The second kappa shape index (κ2) is 6.06. The molecule has 0 radical (unpaired) electrons. The summed E-state index contributed by atoms with van der Waals surface area (Å²) < 4.78 is 0. The Morgan fingerprint density at radius 2 is 1.59 bits per heavy atom. The number of fused-ring (bicyclic) bond motifs is 2. The van der Waals surface area contributed by atoms with Gasteiger partial charge in [-0.1, -0.05) is 60.5 Å². The maximum Gasteiger partial charge on any atom is 0.0578 e. The van der Waals surface area contributed by atoms with E-state index in [9.17, 15) is 0 Å². The van der Waals surface area contributed by atoms with Gasteiger partial charge in [-0.2, -0.15) is 0 Å². The van der Waals surface area contributed by atoms with Crippen LogP contribution in [-0.2, 0) is 0 Å². The van der Waals surface area contributed by atoms with Gasteiger partial charge < -0.3 is 5.32 Å². The fourth-order valence-corrected chi connectivity index (χ4v) is 4.47. The summed E-state index contributed by atoms with van der Waals surface area (Å²) in [5.41, 5.74) is 2.64. The molecule has 0 spiro atoms. The van der Waals surface area contributed by atoms with Gasteiger partial charge in [-0.25, -0.2) is 0 Å².